The van der Waals surface area contributed by atoms with E-state index < -0.39 is 5.91 Å². The van der Waals surface area contributed by atoms with Crippen LogP contribution in [0.5, 0.6) is 0 Å². The number of hydroxylamine groups is 1. The van der Waals surface area contributed by atoms with E-state index in [4.69, 9.17) is 5.21 Å². The number of hydrogen-bond donors (Lipinski definition) is 2. The highest BCUT2D eigenvalue weighted by atomic mass is 32.1. The molecule has 86 valence electrons. The summed E-state index contributed by atoms with van der Waals surface area (Å²) >= 11 is 1.54. The van der Waals surface area contributed by atoms with Crippen LogP contribution in [0.1, 0.15) is 10.4 Å². The second-order valence-corrected chi connectivity index (χ2v) is 4.36. The SMILES string of the molecule is O=C(NO)/C(=C/c1cccs1)c1ccccc1. The molecule has 0 saturated carbocycles. The third-order valence-electron chi connectivity index (χ3n) is 2.26. The van der Waals surface area contributed by atoms with Gasteiger partial charge in [-0.2, -0.15) is 0 Å². The molecule has 1 amide bonds. The molecule has 0 bridgehead atoms. The summed E-state index contributed by atoms with van der Waals surface area (Å²) in [7, 11) is 0. The Morgan fingerprint density at radius 1 is 1.18 bits per heavy atom. The molecule has 2 rings (SSSR count). The minimum atomic E-state index is -0.510. The number of carbonyl (C=O) groups is 1. The van der Waals surface area contributed by atoms with E-state index >= 15 is 0 Å². The molecule has 0 aliphatic carbocycles. The van der Waals surface area contributed by atoms with E-state index in [1.165, 1.54) is 11.3 Å². The minimum Gasteiger partial charge on any atom is -0.288 e. The molecule has 1 aromatic carbocycles. The maximum atomic E-state index is 11.6. The summed E-state index contributed by atoms with van der Waals surface area (Å²) in [6.07, 6.45) is 1.76. The van der Waals surface area contributed by atoms with Crippen LogP contribution >= 0.6 is 11.3 Å². The van der Waals surface area contributed by atoms with Gasteiger partial charge in [0.1, 0.15) is 0 Å². The van der Waals surface area contributed by atoms with Gasteiger partial charge in [0.25, 0.3) is 5.91 Å². The molecule has 2 aromatic rings. The second-order valence-electron chi connectivity index (χ2n) is 3.38. The predicted molar refractivity (Wildman–Crippen MR) is 68.6 cm³/mol. The monoisotopic (exact) mass is 245 g/mol. The Balaban J connectivity index is 2.43. The fourth-order valence-corrected chi connectivity index (χ4v) is 2.13. The lowest BCUT2D eigenvalue weighted by Gasteiger charge is -2.04. The van der Waals surface area contributed by atoms with E-state index in [1.54, 1.807) is 11.6 Å². The minimum absolute atomic E-state index is 0.440. The van der Waals surface area contributed by atoms with Crippen molar-refractivity contribution in [3.63, 3.8) is 0 Å². The van der Waals surface area contributed by atoms with E-state index in [1.807, 2.05) is 47.8 Å². The lowest BCUT2D eigenvalue weighted by Crippen LogP contribution is -2.19. The standard InChI is InChI=1S/C13H11NO2S/c15-13(14-16)12(9-11-7-4-8-17-11)10-5-2-1-3-6-10/h1-9,16H,(H,14,15)/b12-9+. The van der Waals surface area contributed by atoms with E-state index in [2.05, 4.69) is 0 Å². The van der Waals surface area contributed by atoms with Crippen molar-refractivity contribution in [2.45, 2.75) is 0 Å². The smallest absolute Gasteiger partial charge is 0.275 e. The summed E-state index contributed by atoms with van der Waals surface area (Å²) in [6, 6.07) is 13.1. The quantitative estimate of drug-likeness (QED) is 0.496. The topological polar surface area (TPSA) is 49.3 Å². The first-order valence-corrected chi connectivity index (χ1v) is 5.94. The molecule has 2 N–H and O–H groups in total. The van der Waals surface area contributed by atoms with Crippen LogP contribution in [-0.2, 0) is 4.79 Å². The van der Waals surface area contributed by atoms with E-state index in [0.717, 1.165) is 10.4 Å². The molecule has 0 aliphatic heterocycles. The molecular weight excluding hydrogens is 234 g/mol. The fourth-order valence-electron chi connectivity index (χ4n) is 1.47. The van der Waals surface area contributed by atoms with Crippen molar-refractivity contribution in [2.75, 3.05) is 0 Å². The maximum absolute atomic E-state index is 11.6. The van der Waals surface area contributed by atoms with Crippen LogP contribution in [0.3, 0.4) is 0 Å². The average molecular weight is 245 g/mol. The average Bonchev–Trinajstić information content (AvgIpc) is 2.89. The Labute approximate surface area is 103 Å². The molecule has 3 nitrogen and oxygen atoms in total. The maximum Gasteiger partial charge on any atom is 0.275 e. The third kappa shape index (κ3) is 2.81. The van der Waals surface area contributed by atoms with Crippen molar-refractivity contribution in [2.24, 2.45) is 0 Å². The van der Waals surface area contributed by atoms with Crippen LogP contribution < -0.4 is 5.48 Å². The summed E-state index contributed by atoms with van der Waals surface area (Å²) in [5.74, 6) is -0.510. The number of thiophene rings is 1. The molecular formula is C13H11NO2S. The summed E-state index contributed by atoms with van der Waals surface area (Å²) < 4.78 is 0. The van der Waals surface area contributed by atoms with Gasteiger partial charge in [0.05, 0.1) is 5.57 Å². The summed E-state index contributed by atoms with van der Waals surface area (Å²) in [5.41, 5.74) is 2.88. The zero-order valence-electron chi connectivity index (χ0n) is 8.96. The molecule has 0 atom stereocenters. The largest absolute Gasteiger partial charge is 0.288 e. The Morgan fingerprint density at radius 2 is 1.94 bits per heavy atom. The molecule has 1 heterocycles. The Morgan fingerprint density at radius 3 is 2.53 bits per heavy atom. The number of rotatable bonds is 3. The van der Waals surface area contributed by atoms with Crippen LogP contribution in [-0.4, -0.2) is 11.1 Å². The van der Waals surface area contributed by atoms with Gasteiger partial charge < -0.3 is 0 Å². The molecule has 0 radical (unpaired) electrons. The van der Waals surface area contributed by atoms with Crippen molar-refractivity contribution in [1.82, 2.24) is 5.48 Å². The van der Waals surface area contributed by atoms with Crippen LogP contribution in [0, 0.1) is 0 Å². The molecule has 0 spiro atoms. The molecule has 1 aromatic heterocycles. The zero-order chi connectivity index (χ0) is 12.1. The van der Waals surface area contributed by atoms with E-state index in [-0.39, 0.29) is 0 Å². The van der Waals surface area contributed by atoms with Gasteiger partial charge in [0, 0.05) is 4.88 Å². The van der Waals surface area contributed by atoms with Gasteiger partial charge >= 0.3 is 0 Å². The Kier molecular flexibility index (Phi) is 3.69. The van der Waals surface area contributed by atoms with Gasteiger partial charge in [-0.3, -0.25) is 10.0 Å². The Hall–Kier alpha value is -1.91. The summed E-state index contributed by atoms with van der Waals surface area (Å²) in [4.78, 5) is 12.6. The normalized spacial score (nSPS) is 11.2. The van der Waals surface area contributed by atoms with Crippen molar-refractivity contribution >= 4 is 28.9 Å². The summed E-state index contributed by atoms with van der Waals surface area (Å²) in [6.45, 7) is 0. The van der Waals surface area contributed by atoms with Gasteiger partial charge in [-0.15, -0.1) is 11.3 Å². The van der Waals surface area contributed by atoms with Gasteiger partial charge in [0.2, 0.25) is 0 Å². The van der Waals surface area contributed by atoms with Gasteiger partial charge in [-0.25, -0.2) is 5.48 Å². The van der Waals surface area contributed by atoms with Crippen LogP contribution in [0.15, 0.2) is 47.8 Å². The van der Waals surface area contributed by atoms with Crippen LogP contribution in [0.2, 0.25) is 0 Å². The highest BCUT2D eigenvalue weighted by molar-refractivity contribution is 7.11. The van der Waals surface area contributed by atoms with Gasteiger partial charge in [-0.05, 0) is 23.1 Å². The van der Waals surface area contributed by atoms with Crippen molar-refractivity contribution < 1.29 is 10.0 Å². The lowest BCUT2D eigenvalue weighted by atomic mass is 10.0. The Bertz CT molecular complexity index is 518. The highest BCUT2D eigenvalue weighted by Crippen LogP contribution is 2.20. The number of hydrogen-bond acceptors (Lipinski definition) is 3. The first kappa shape index (κ1) is 11.6. The molecule has 0 saturated heterocycles. The van der Waals surface area contributed by atoms with Crippen molar-refractivity contribution in [3.8, 4) is 0 Å². The number of amides is 1. The first-order valence-electron chi connectivity index (χ1n) is 5.06. The van der Waals surface area contributed by atoms with Crippen LogP contribution in [0.25, 0.3) is 11.6 Å². The number of benzene rings is 1. The van der Waals surface area contributed by atoms with Crippen LogP contribution in [0.4, 0.5) is 0 Å². The number of nitrogens with one attached hydrogen (secondary N) is 1. The predicted octanol–water partition coefficient (Wildman–Crippen LogP) is 2.79. The third-order valence-corrected chi connectivity index (χ3v) is 3.08. The summed E-state index contributed by atoms with van der Waals surface area (Å²) in [5, 5.41) is 10.7. The van der Waals surface area contributed by atoms with Gasteiger partial charge in [0.15, 0.2) is 0 Å². The molecule has 0 fully saturated rings. The molecule has 0 unspecified atom stereocenters. The van der Waals surface area contributed by atoms with Crippen molar-refractivity contribution in [3.05, 3.63) is 58.3 Å². The van der Waals surface area contributed by atoms with E-state index in [9.17, 15) is 4.79 Å². The van der Waals surface area contributed by atoms with Gasteiger partial charge in [-0.1, -0.05) is 36.4 Å². The lowest BCUT2D eigenvalue weighted by molar-refractivity contribution is -0.123. The molecule has 17 heavy (non-hydrogen) atoms. The molecule has 0 aliphatic rings. The van der Waals surface area contributed by atoms with Crippen molar-refractivity contribution in [1.29, 1.82) is 0 Å². The molecule has 4 heteroatoms. The fraction of sp³-hybridized carbons (Fsp3) is 0. The first-order chi connectivity index (χ1) is 8.31. The number of carbonyl (C=O) groups excluding carboxylic acids is 1. The highest BCUT2D eigenvalue weighted by Gasteiger charge is 2.10. The zero-order valence-corrected chi connectivity index (χ0v) is 9.78. The second kappa shape index (κ2) is 5.43. The van der Waals surface area contributed by atoms with E-state index in [0.29, 0.717) is 5.57 Å².